The molecule has 2 aromatic heterocycles. The van der Waals surface area contributed by atoms with Crippen molar-refractivity contribution in [3.8, 4) is 0 Å². The van der Waals surface area contributed by atoms with E-state index in [-0.39, 0.29) is 16.7 Å². The number of aromatic nitrogens is 2. The maximum atomic E-state index is 12.4. The first-order valence-corrected chi connectivity index (χ1v) is 7.75. The number of thiazole rings is 1. The molecule has 8 heteroatoms. The summed E-state index contributed by atoms with van der Waals surface area (Å²) in [4.78, 5) is 4.58. The monoisotopic (exact) mass is 305 g/mol. The number of sulfonamides is 1. The Kier molecular flexibility index (Phi) is 3.50. The van der Waals surface area contributed by atoms with E-state index in [9.17, 15) is 8.42 Å². The Hall–Kier alpha value is -0.890. The van der Waals surface area contributed by atoms with Gasteiger partial charge in [-0.25, -0.2) is 13.4 Å². The van der Waals surface area contributed by atoms with Gasteiger partial charge >= 0.3 is 0 Å². The van der Waals surface area contributed by atoms with Gasteiger partial charge in [0, 0.05) is 25.2 Å². The first-order chi connectivity index (χ1) is 8.34. The van der Waals surface area contributed by atoms with Gasteiger partial charge in [-0.3, -0.25) is 4.40 Å². The fourth-order valence-corrected chi connectivity index (χ4v) is 4.21. The Labute approximate surface area is 114 Å². The van der Waals surface area contributed by atoms with Crippen molar-refractivity contribution in [2.45, 2.75) is 11.9 Å². The molecule has 0 aliphatic heterocycles. The Balaban J connectivity index is 2.55. The van der Waals surface area contributed by atoms with Gasteiger partial charge in [0.1, 0.15) is 0 Å². The number of imidazole rings is 1. The SMILES string of the molecule is C=C(C)CN(C)S(=O)(=O)c1c(Cl)nc2sccn12. The summed E-state index contributed by atoms with van der Waals surface area (Å²) < 4.78 is 27.5. The molecule has 5 nitrogen and oxygen atoms in total. The van der Waals surface area contributed by atoms with Crippen LogP contribution in [-0.4, -0.2) is 35.7 Å². The van der Waals surface area contributed by atoms with Crippen LogP contribution >= 0.6 is 22.9 Å². The second kappa shape index (κ2) is 4.65. The van der Waals surface area contributed by atoms with Gasteiger partial charge in [-0.15, -0.1) is 11.3 Å². The molecule has 0 aliphatic rings. The molecule has 0 aliphatic carbocycles. The van der Waals surface area contributed by atoms with E-state index in [0.29, 0.717) is 4.96 Å². The van der Waals surface area contributed by atoms with Crippen LogP contribution in [0, 0.1) is 0 Å². The summed E-state index contributed by atoms with van der Waals surface area (Å²) in [6, 6.07) is 0. The largest absolute Gasteiger partial charge is 0.279 e. The minimum absolute atomic E-state index is 0.00386. The molecule has 0 saturated heterocycles. The van der Waals surface area contributed by atoms with E-state index in [1.54, 1.807) is 18.5 Å². The zero-order chi connectivity index (χ0) is 13.5. The van der Waals surface area contributed by atoms with Crippen LogP contribution in [0.15, 0.2) is 28.8 Å². The summed E-state index contributed by atoms with van der Waals surface area (Å²) in [5.41, 5.74) is 0.753. The van der Waals surface area contributed by atoms with Crippen molar-refractivity contribution < 1.29 is 8.42 Å². The molecule has 0 fully saturated rings. The second-order valence-electron chi connectivity index (χ2n) is 3.98. The third-order valence-corrected chi connectivity index (χ3v) is 5.29. The van der Waals surface area contributed by atoms with E-state index in [0.717, 1.165) is 5.57 Å². The van der Waals surface area contributed by atoms with Gasteiger partial charge in [0.15, 0.2) is 15.1 Å². The number of rotatable bonds is 4. The van der Waals surface area contributed by atoms with Crippen molar-refractivity contribution >= 4 is 37.9 Å². The fourth-order valence-electron chi connectivity index (χ4n) is 1.58. The molecule has 0 unspecified atom stereocenters. The van der Waals surface area contributed by atoms with Crippen molar-refractivity contribution in [3.05, 3.63) is 28.9 Å². The molecule has 2 heterocycles. The second-order valence-corrected chi connectivity index (χ2v) is 7.17. The lowest BCUT2D eigenvalue weighted by Crippen LogP contribution is -2.29. The molecule has 0 bridgehead atoms. The fraction of sp³-hybridized carbons (Fsp3) is 0.300. The summed E-state index contributed by atoms with van der Waals surface area (Å²) >= 11 is 7.25. The molecular weight excluding hydrogens is 294 g/mol. The molecule has 0 aromatic carbocycles. The van der Waals surface area contributed by atoms with E-state index in [1.165, 1.54) is 27.1 Å². The van der Waals surface area contributed by atoms with Gasteiger partial charge in [-0.05, 0) is 6.92 Å². The highest BCUT2D eigenvalue weighted by atomic mass is 35.5. The quantitative estimate of drug-likeness (QED) is 0.814. The number of likely N-dealkylation sites (N-methyl/N-ethyl adjacent to an activating group) is 1. The number of hydrogen-bond donors (Lipinski definition) is 0. The van der Waals surface area contributed by atoms with Crippen LogP contribution in [-0.2, 0) is 10.0 Å². The third-order valence-electron chi connectivity index (χ3n) is 2.33. The zero-order valence-corrected chi connectivity index (χ0v) is 12.3. The van der Waals surface area contributed by atoms with Gasteiger partial charge < -0.3 is 0 Å². The molecule has 18 heavy (non-hydrogen) atoms. The van der Waals surface area contributed by atoms with Crippen LogP contribution < -0.4 is 0 Å². The van der Waals surface area contributed by atoms with Crippen molar-refractivity contribution in [1.82, 2.24) is 13.7 Å². The molecule has 0 saturated carbocycles. The van der Waals surface area contributed by atoms with Gasteiger partial charge in [-0.1, -0.05) is 23.8 Å². The van der Waals surface area contributed by atoms with Crippen molar-refractivity contribution in [2.24, 2.45) is 0 Å². The average molecular weight is 306 g/mol. The van der Waals surface area contributed by atoms with Gasteiger partial charge in [0.05, 0.1) is 0 Å². The minimum atomic E-state index is -3.67. The van der Waals surface area contributed by atoms with Gasteiger partial charge in [-0.2, -0.15) is 4.31 Å². The Morgan fingerprint density at radius 3 is 2.94 bits per heavy atom. The summed E-state index contributed by atoms with van der Waals surface area (Å²) in [5, 5.41) is 1.76. The lowest BCUT2D eigenvalue weighted by Gasteiger charge is -2.16. The molecule has 2 rings (SSSR count). The Morgan fingerprint density at radius 2 is 2.33 bits per heavy atom. The predicted molar refractivity (Wildman–Crippen MR) is 72.7 cm³/mol. The Bertz CT molecular complexity index is 702. The molecule has 0 amide bonds. The highest BCUT2D eigenvalue weighted by Crippen LogP contribution is 2.27. The van der Waals surface area contributed by atoms with Crippen LogP contribution in [0.2, 0.25) is 5.15 Å². The lowest BCUT2D eigenvalue weighted by atomic mass is 10.4. The number of hydrogen-bond acceptors (Lipinski definition) is 4. The molecule has 0 N–H and O–H groups in total. The van der Waals surface area contributed by atoms with Crippen LogP contribution in [0.1, 0.15) is 6.92 Å². The normalized spacial score (nSPS) is 12.4. The van der Waals surface area contributed by atoms with Crippen molar-refractivity contribution in [3.63, 3.8) is 0 Å². The van der Waals surface area contributed by atoms with E-state index in [2.05, 4.69) is 11.6 Å². The first kappa shape index (κ1) is 13.5. The topological polar surface area (TPSA) is 54.7 Å². The Morgan fingerprint density at radius 1 is 1.67 bits per heavy atom. The summed E-state index contributed by atoms with van der Waals surface area (Å²) in [5.74, 6) is 0. The average Bonchev–Trinajstić information content (AvgIpc) is 2.74. The third kappa shape index (κ3) is 2.18. The van der Waals surface area contributed by atoms with E-state index in [1.807, 2.05) is 0 Å². The van der Waals surface area contributed by atoms with Crippen LogP contribution in [0.4, 0.5) is 0 Å². The predicted octanol–water partition coefficient (Wildman–Crippen LogP) is 2.25. The zero-order valence-electron chi connectivity index (χ0n) is 9.92. The van der Waals surface area contributed by atoms with Crippen molar-refractivity contribution in [2.75, 3.05) is 13.6 Å². The van der Waals surface area contributed by atoms with Gasteiger partial charge in [0.25, 0.3) is 10.0 Å². The number of nitrogens with zero attached hydrogens (tertiary/aromatic N) is 3. The highest BCUT2D eigenvalue weighted by molar-refractivity contribution is 7.89. The van der Waals surface area contributed by atoms with Crippen molar-refractivity contribution in [1.29, 1.82) is 0 Å². The summed E-state index contributed by atoms with van der Waals surface area (Å²) in [7, 11) is -2.18. The lowest BCUT2D eigenvalue weighted by molar-refractivity contribution is 0.489. The van der Waals surface area contributed by atoms with E-state index < -0.39 is 10.0 Å². The highest BCUT2D eigenvalue weighted by Gasteiger charge is 2.28. The van der Waals surface area contributed by atoms with Crippen LogP contribution in [0.5, 0.6) is 0 Å². The maximum Gasteiger partial charge on any atom is 0.262 e. The maximum absolute atomic E-state index is 12.4. The first-order valence-electron chi connectivity index (χ1n) is 5.06. The van der Waals surface area contributed by atoms with E-state index in [4.69, 9.17) is 11.6 Å². The number of fused-ring (bicyclic) bond motifs is 1. The molecule has 0 spiro atoms. The number of halogens is 1. The molecule has 0 atom stereocenters. The summed E-state index contributed by atoms with van der Waals surface area (Å²) in [6.45, 7) is 5.72. The molecule has 0 radical (unpaired) electrons. The minimum Gasteiger partial charge on any atom is -0.279 e. The van der Waals surface area contributed by atoms with E-state index >= 15 is 0 Å². The smallest absolute Gasteiger partial charge is 0.262 e. The molecular formula is C10H12ClN3O2S2. The summed E-state index contributed by atoms with van der Waals surface area (Å²) in [6.07, 6.45) is 1.64. The molecule has 2 aromatic rings. The standard InChI is InChI=1S/C10H12ClN3O2S2/c1-7(2)6-13(3)18(15,16)9-8(11)12-10-14(9)4-5-17-10/h4-5H,1,6H2,2-3H3. The molecule has 98 valence electrons. The van der Waals surface area contributed by atoms with Crippen LogP contribution in [0.25, 0.3) is 4.96 Å². The van der Waals surface area contributed by atoms with Gasteiger partial charge in [0.2, 0.25) is 0 Å². The van der Waals surface area contributed by atoms with Crippen LogP contribution in [0.3, 0.4) is 0 Å².